The molecule has 0 aliphatic carbocycles. The minimum Gasteiger partial charge on any atom is -0.492 e. The number of carbonyl (C=O) groups excluding carboxylic acids is 1. The quantitative estimate of drug-likeness (QED) is 0.341. The van der Waals surface area contributed by atoms with Crippen LogP contribution in [0.1, 0.15) is 46.1 Å². The van der Waals surface area contributed by atoms with E-state index in [9.17, 15) is 4.79 Å². The molecular weight excluding hydrogens is 425 g/mol. The molecular formula is C21H24INO2. The molecule has 0 saturated carbocycles. The summed E-state index contributed by atoms with van der Waals surface area (Å²) < 4.78 is 7.76. The molecule has 1 unspecified atom stereocenters. The average molecular weight is 449 g/mol. The zero-order valence-corrected chi connectivity index (χ0v) is 17.4. The molecule has 0 aromatic heterocycles. The summed E-state index contributed by atoms with van der Waals surface area (Å²) in [7, 11) is 0. The number of rotatable bonds is 3. The fourth-order valence-electron chi connectivity index (χ4n) is 3.68. The molecule has 0 N–H and O–H groups in total. The third-order valence-corrected chi connectivity index (χ3v) is 6.22. The van der Waals surface area contributed by atoms with E-state index in [1.165, 1.54) is 0 Å². The summed E-state index contributed by atoms with van der Waals surface area (Å²) in [5, 5.41) is 0. The van der Waals surface area contributed by atoms with Crippen LogP contribution < -0.4 is 3.11 Å². The van der Waals surface area contributed by atoms with Gasteiger partial charge in [-0.2, -0.15) is 0 Å². The molecule has 1 aromatic carbocycles. The Balaban J connectivity index is 2.10. The van der Waals surface area contributed by atoms with Gasteiger partial charge in [0.05, 0.1) is 39.7 Å². The summed E-state index contributed by atoms with van der Waals surface area (Å²) in [6, 6.07) is 7.97. The highest BCUT2D eigenvalue weighted by Gasteiger charge is 2.48. The van der Waals surface area contributed by atoms with Crippen LogP contribution >= 0.6 is 22.9 Å². The molecule has 2 aliphatic heterocycles. The van der Waals surface area contributed by atoms with Crippen molar-refractivity contribution >= 4 is 34.5 Å². The van der Waals surface area contributed by atoms with E-state index in [0.29, 0.717) is 0 Å². The van der Waals surface area contributed by atoms with Crippen molar-refractivity contribution in [2.45, 2.75) is 51.6 Å². The van der Waals surface area contributed by atoms with Gasteiger partial charge in [-0.05, 0) is 63.3 Å². The van der Waals surface area contributed by atoms with E-state index < -0.39 is 5.41 Å². The molecule has 3 nitrogen and oxygen atoms in total. The number of hydrogen-bond donors (Lipinski definition) is 0. The van der Waals surface area contributed by atoms with Crippen molar-refractivity contribution in [3.63, 3.8) is 0 Å². The highest BCUT2D eigenvalue weighted by molar-refractivity contribution is 14.1. The number of benzene rings is 1. The zero-order valence-electron chi connectivity index (χ0n) is 15.2. The first-order valence-electron chi connectivity index (χ1n) is 8.54. The first-order valence-corrected chi connectivity index (χ1v) is 9.50. The number of ether oxygens (including phenoxy) is 1. The van der Waals surface area contributed by atoms with Gasteiger partial charge in [-0.25, -0.2) is 0 Å². The van der Waals surface area contributed by atoms with Gasteiger partial charge in [0.25, 0.3) is 5.91 Å². The molecule has 0 radical (unpaired) electrons. The Morgan fingerprint density at radius 3 is 2.64 bits per heavy atom. The average Bonchev–Trinajstić information content (AvgIpc) is 2.76. The Kier molecular flexibility index (Phi) is 4.60. The lowest BCUT2D eigenvalue weighted by molar-refractivity contribution is -0.119. The van der Waals surface area contributed by atoms with Gasteiger partial charge in [-0.3, -0.25) is 7.91 Å². The Hall–Kier alpha value is -1.56. The van der Waals surface area contributed by atoms with Crippen LogP contribution in [-0.4, -0.2) is 11.5 Å². The van der Waals surface area contributed by atoms with Crippen molar-refractivity contribution in [2.24, 2.45) is 0 Å². The van der Waals surface area contributed by atoms with Gasteiger partial charge in [0.15, 0.2) is 0 Å². The third kappa shape index (κ3) is 2.94. The van der Waals surface area contributed by atoms with E-state index in [2.05, 4.69) is 49.4 Å². The molecule has 0 fully saturated rings. The highest BCUT2D eigenvalue weighted by Crippen LogP contribution is 2.48. The van der Waals surface area contributed by atoms with Crippen molar-refractivity contribution in [1.82, 2.24) is 0 Å². The number of hydrogen-bond acceptors (Lipinski definition) is 2. The number of fused-ring (bicyclic) bond motifs is 1. The highest BCUT2D eigenvalue weighted by atomic mass is 127. The summed E-state index contributed by atoms with van der Waals surface area (Å²) in [5.41, 5.74) is 3.19. The lowest BCUT2D eigenvalue weighted by Crippen LogP contribution is -2.35. The Labute approximate surface area is 163 Å². The second-order valence-corrected chi connectivity index (χ2v) is 8.44. The van der Waals surface area contributed by atoms with E-state index in [0.717, 1.165) is 41.0 Å². The summed E-state index contributed by atoms with van der Waals surface area (Å²) in [4.78, 5) is 13.1. The van der Waals surface area contributed by atoms with Gasteiger partial charge in [0, 0.05) is 0 Å². The largest absolute Gasteiger partial charge is 0.492 e. The standard InChI is InChI=1S/C21H24INO2/c1-6-16(13-15-11-12-20(3,4)25-14(15)2)21(5)17-9-7-8-10-18(17)23(22)19(21)24/h6-10,13H,1,11-12H2,2-5H3/b16-13+. The van der Waals surface area contributed by atoms with Crippen molar-refractivity contribution in [3.05, 3.63) is 65.5 Å². The van der Waals surface area contributed by atoms with Crippen LogP contribution in [0.4, 0.5) is 5.69 Å². The normalized spacial score (nSPS) is 25.7. The predicted molar refractivity (Wildman–Crippen MR) is 111 cm³/mol. The second kappa shape index (κ2) is 6.31. The molecule has 0 bridgehead atoms. The Morgan fingerprint density at radius 1 is 1.32 bits per heavy atom. The van der Waals surface area contributed by atoms with E-state index >= 15 is 0 Å². The molecule has 2 heterocycles. The number of halogens is 1. The number of nitrogens with zero attached hydrogens (tertiary/aromatic N) is 1. The molecule has 132 valence electrons. The van der Waals surface area contributed by atoms with E-state index in [-0.39, 0.29) is 11.5 Å². The molecule has 2 aliphatic rings. The molecule has 25 heavy (non-hydrogen) atoms. The van der Waals surface area contributed by atoms with Crippen LogP contribution in [-0.2, 0) is 14.9 Å². The van der Waals surface area contributed by atoms with Gasteiger partial charge in [-0.1, -0.05) is 36.9 Å². The second-order valence-electron chi connectivity index (χ2n) is 7.48. The van der Waals surface area contributed by atoms with Gasteiger partial charge in [0.1, 0.15) is 5.60 Å². The molecule has 1 atom stereocenters. The zero-order chi connectivity index (χ0) is 18.4. The van der Waals surface area contributed by atoms with Crippen LogP contribution in [0.15, 0.2) is 59.9 Å². The van der Waals surface area contributed by atoms with Gasteiger partial charge < -0.3 is 4.74 Å². The van der Waals surface area contributed by atoms with Gasteiger partial charge >= 0.3 is 0 Å². The van der Waals surface area contributed by atoms with Gasteiger partial charge in [0.2, 0.25) is 0 Å². The van der Waals surface area contributed by atoms with Crippen LogP contribution in [0.5, 0.6) is 0 Å². The fourth-order valence-corrected chi connectivity index (χ4v) is 4.58. The molecule has 1 aromatic rings. The maximum atomic E-state index is 13.1. The Morgan fingerprint density at radius 2 is 2.00 bits per heavy atom. The maximum Gasteiger partial charge on any atom is 0.250 e. The first-order chi connectivity index (χ1) is 11.7. The topological polar surface area (TPSA) is 29.5 Å². The van der Waals surface area contributed by atoms with Crippen LogP contribution in [0, 0.1) is 0 Å². The van der Waals surface area contributed by atoms with E-state index in [1.54, 1.807) is 3.11 Å². The summed E-state index contributed by atoms with van der Waals surface area (Å²) in [6.45, 7) is 12.2. The minimum absolute atomic E-state index is 0.0655. The number of amides is 1. The van der Waals surface area contributed by atoms with Crippen molar-refractivity contribution in [3.8, 4) is 0 Å². The maximum absolute atomic E-state index is 13.1. The van der Waals surface area contributed by atoms with Crippen molar-refractivity contribution < 1.29 is 9.53 Å². The summed E-state index contributed by atoms with van der Waals surface area (Å²) >= 11 is 2.09. The summed E-state index contributed by atoms with van der Waals surface area (Å²) in [6.07, 6.45) is 5.81. The van der Waals surface area contributed by atoms with Crippen LogP contribution in [0.2, 0.25) is 0 Å². The van der Waals surface area contributed by atoms with E-state index in [4.69, 9.17) is 4.74 Å². The smallest absolute Gasteiger partial charge is 0.250 e. The molecule has 3 rings (SSSR count). The van der Waals surface area contributed by atoms with Crippen molar-refractivity contribution in [1.29, 1.82) is 0 Å². The fraction of sp³-hybridized carbons (Fsp3) is 0.381. The summed E-state index contributed by atoms with van der Waals surface area (Å²) in [5.74, 6) is 1.00. The molecule has 4 heteroatoms. The van der Waals surface area contributed by atoms with Crippen LogP contribution in [0.25, 0.3) is 0 Å². The van der Waals surface area contributed by atoms with Gasteiger partial charge in [-0.15, -0.1) is 0 Å². The monoisotopic (exact) mass is 449 g/mol. The number of anilines is 1. The van der Waals surface area contributed by atoms with Crippen LogP contribution in [0.3, 0.4) is 0 Å². The van der Waals surface area contributed by atoms with Crippen molar-refractivity contribution in [2.75, 3.05) is 3.11 Å². The SMILES string of the molecule is C=C/C(=C\C1=C(C)OC(C)(C)CC1)C1(C)C(=O)N(I)c2ccccc21. The predicted octanol–water partition coefficient (Wildman–Crippen LogP) is 5.62. The number of allylic oxidation sites excluding steroid dienone is 4. The number of carbonyl (C=O) groups is 1. The number of para-hydroxylation sites is 1. The third-order valence-electron chi connectivity index (χ3n) is 5.27. The Bertz CT molecular complexity index is 806. The lowest BCUT2D eigenvalue weighted by atomic mass is 9.75. The molecule has 1 amide bonds. The minimum atomic E-state index is -0.722. The molecule has 0 saturated heterocycles. The first kappa shape index (κ1) is 18.2. The van der Waals surface area contributed by atoms with E-state index in [1.807, 2.05) is 44.2 Å². The molecule has 0 spiro atoms. The lowest BCUT2D eigenvalue weighted by Gasteiger charge is -2.33.